The van der Waals surface area contributed by atoms with Crippen molar-refractivity contribution in [2.45, 2.75) is 26.6 Å². The van der Waals surface area contributed by atoms with Crippen molar-refractivity contribution < 1.29 is 18.0 Å². The molecule has 0 saturated carbocycles. The lowest BCUT2D eigenvalue weighted by atomic mass is 10.1. The summed E-state index contributed by atoms with van der Waals surface area (Å²) < 4.78 is 40.5. The van der Waals surface area contributed by atoms with E-state index in [1.807, 2.05) is 0 Å². The van der Waals surface area contributed by atoms with Crippen molar-refractivity contribution in [1.82, 2.24) is 19.6 Å². The molecule has 0 aliphatic carbocycles. The first-order valence-electron chi connectivity index (χ1n) is 5.84. The van der Waals surface area contributed by atoms with E-state index < -0.39 is 12.0 Å². The molecule has 0 bridgehead atoms. The van der Waals surface area contributed by atoms with Crippen LogP contribution in [0.3, 0.4) is 0 Å². The predicted molar refractivity (Wildman–Crippen MR) is 64.4 cm³/mol. The van der Waals surface area contributed by atoms with E-state index in [9.17, 15) is 18.0 Å². The van der Waals surface area contributed by atoms with Crippen molar-refractivity contribution >= 4 is 5.78 Å². The number of Topliss-reactive ketones (excluding diaryl/α,β-unsaturated/α-hetero) is 1. The van der Waals surface area contributed by atoms with Crippen molar-refractivity contribution in [3.63, 3.8) is 0 Å². The molecule has 0 atom stereocenters. The lowest BCUT2D eigenvalue weighted by Gasteiger charge is -2.06. The number of carbonyl (C=O) groups excluding carboxylic acids is 1. The molecule has 2 rings (SSSR count). The summed E-state index contributed by atoms with van der Waals surface area (Å²) in [6.45, 7) is 3.06. The fourth-order valence-electron chi connectivity index (χ4n) is 2.02. The Labute approximate surface area is 113 Å². The van der Waals surface area contributed by atoms with Crippen LogP contribution in [0.2, 0.25) is 0 Å². The molecule has 8 heteroatoms. The highest BCUT2D eigenvalue weighted by atomic mass is 19.4. The van der Waals surface area contributed by atoms with E-state index in [1.165, 1.54) is 18.5 Å². The molecule has 20 heavy (non-hydrogen) atoms. The monoisotopic (exact) mass is 286 g/mol. The van der Waals surface area contributed by atoms with Crippen LogP contribution >= 0.6 is 0 Å². The van der Waals surface area contributed by atoms with Gasteiger partial charge < -0.3 is 0 Å². The largest absolute Gasteiger partial charge is 0.455 e. The Morgan fingerprint density at radius 2 is 1.95 bits per heavy atom. The molecular formula is C12H13F3N4O. The van der Waals surface area contributed by atoms with Gasteiger partial charge in [-0.05, 0) is 19.9 Å². The van der Waals surface area contributed by atoms with E-state index in [4.69, 9.17) is 0 Å². The molecule has 0 unspecified atom stereocenters. The molecule has 2 aromatic heterocycles. The molecule has 0 fully saturated rings. The third-order valence-electron chi connectivity index (χ3n) is 2.95. The van der Waals surface area contributed by atoms with Crippen molar-refractivity contribution in [1.29, 1.82) is 0 Å². The maximum absolute atomic E-state index is 12.5. The van der Waals surface area contributed by atoms with Crippen LogP contribution in [0.25, 0.3) is 0 Å². The number of hydrogen-bond acceptors (Lipinski definition) is 3. The predicted octanol–water partition coefficient (Wildman–Crippen LogP) is 2.03. The minimum atomic E-state index is -4.89. The highest BCUT2D eigenvalue weighted by molar-refractivity contribution is 6.02. The Morgan fingerprint density at radius 3 is 2.45 bits per heavy atom. The summed E-state index contributed by atoms with van der Waals surface area (Å²) in [4.78, 5) is 11.4. The molecule has 0 spiro atoms. The Hall–Kier alpha value is -2.12. The summed E-state index contributed by atoms with van der Waals surface area (Å²) in [5.41, 5.74) is 0.536. The Morgan fingerprint density at radius 1 is 1.30 bits per heavy atom. The van der Waals surface area contributed by atoms with Gasteiger partial charge in [0.15, 0.2) is 0 Å². The zero-order valence-corrected chi connectivity index (χ0v) is 11.2. The fraction of sp³-hybridized carbons (Fsp3) is 0.417. The number of aryl methyl sites for hydroxylation is 2. The SMILES string of the molecule is Cc1nn(Cc2ccn(C)n2)c(C)c1C(=O)C(F)(F)F. The first kappa shape index (κ1) is 14.3. The van der Waals surface area contributed by atoms with Crippen molar-refractivity contribution in [3.8, 4) is 0 Å². The topological polar surface area (TPSA) is 52.7 Å². The molecule has 0 N–H and O–H groups in total. The van der Waals surface area contributed by atoms with E-state index >= 15 is 0 Å². The van der Waals surface area contributed by atoms with Gasteiger partial charge in [-0.3, -0.25) is 14.2 Å². The highest BCUT2D eigenvalue weighted by Gasteiger charge is 2.42. The van der Waals surface area contributed by atoms with Gasteiger partial charge in [-0.1, -0.05) is 0 Å². The second-order valence-corrected chi connectivity index (χ2v) is 4.51. The molecule has 0 aromatic carbocycles. The van der Waals surface area contributed by atoms with Crippen LogP contribution in [-0.2, 0) is 13.6 Å². The van der Waals surface area contributed by atoms with E-state index in [0.717, 1.165) is 0 Å². The van der Waals surface area contributed by atoms with Gasteiger partial charge in [-0.15, -0.1) is 0 Å². The number of nitrogens with zero attached hydrogens (tertiary/aromatic N) is 4. The minimum Gasteiger partial charge on any atom is -0.284 e. The van der Waals surface area contributed by atoms with Crippen molar-refractivity contribution in [2.75, 3.05) is 0 Å². The van der Waals surface area contributed by atoms with Crippen LogP contribution in [0, 0.1) is 13.8 Å². The van der Waals surface area contributed by atoms with Gasteiger partial charge in [0, 0.05) is 18.9 Å². The van der Waals surface area contributed by atoms with Crippen molar-refractivity contribution in [3.05, 3.63) is 34.9 Å². The smallest absolute Gasteiger partial charge is 0.284 e. The maximum atomic E-state index is 12.5. The standard InChI is InChI=1S/C12H13F3N4O/c1-7-10(11(20)12(13,14)15)8(2)19(16-7)6-9-4-5-18(3)17-9/h4-5H,6H2,1-3H3. The molecule has 0 saturated heterocycles. The van der Waals surface area contributed by atoms with Crippen LogP contribution in [0.1, 0.15) is 27.4 Å². The molecule has 2 heterocycles. The van der Waals surface area contributed by atoms with E-state index in [1.54, 1.807) is 24.0 Å². The lowest BCUT2D eigenvalue weighted by molar-refractivity contribution is -0.0886. The molecule has 0 aliphatic rings. The number of hydrogen-bond donors (Lipinski definition) is 0. The zero-order chi connectivity index (χ0) is 15.1. The summed E-state index contributed by atoms with van der Waals surface area (Å²) in [5, 5.41) is 8.12. The average molecular weight is 286 g/mol. The second kappa shape index (κ2) is 4.77. The average Bonchev–Trinajstić information content (AvgIpc) is 2.83. The third kappa shape index (κ3) is 2.59. The number of ketones is 1. The van der Waals surface area contributed by atoms with Gasteiger partial charge in [-0.25, -0.2) is 0 Å². The lowest BCUT2D eigenvalue weighted by Crippen LogP contribution is -2.24. The first-order valence-corrected chi connectivity index (χ1v) is 5.84. The van der Waals surface area contributed by atoms with Crippen molar-refractivity contribution in [2.24, 2.45) is 7.05 Å². The maximum Gasteiger partial charge on any atom is 0.455 e. The zero-order valence-electron chi connectivity index (χ0n) is 11.2. The van der Waals surface area contributed by atoms with Crippen LogP contribution in [0.5, 0.6) is 0 Å². The fourth-order valence-corrected chi connectivity index (χ4v) is 2.02. The van der Waals surface area contributed by atoms with Gasteiger partial charge >= 0.3 is 6.18 Å². The highest BCUT2D eigenvalue weighted by Crippen LogP contribution is 2.25. The summed E-state index contributed by atoms with van der Waals surface area (Å²) in [6.07, 6.45) is -3.17. The minimum absolute atomic E-state index is 0.0701. The molecular weight excluding hydrogens is 273 g/mol. The molecule has 2 aromatic rings. The van der Waals surface area contributed by atoms with Gasteiger partial charge in [-0.2, -0.15) is 23.4 Å². The van der Waals surface area contributed by atoms with E-state index in [0.29, 0.717) is 5.69 Å². The molecule has 0 aliphatic heterocycles. The number of carbonyl (C=O) groups is 1. The van der Waals surface area contributed by atoms with E-state index in [2.05, 4.69) is 10.2 Å². The van der Waals surface area contributed by atoms with Crippen LogP contribution in [-0.4, -0.2) is 31.5 Å². The van der Waals surface area contributed by atoms with Gasteiger partial charge in [0.1, 0.15) is 0 Å². The summed E-state index contributed by atoms with van der Waals surface area (Å²) in [6, 6.07) is 1.74. The molecule has 5 nitrogen and oxygen atoms in total. The van der Waals surface area contributed by atoms with E-state index in [-0.39, 0.29) is 23.5 Å². The second-order valence-electron chi connectivity index (χ2n) is 4.51. The molecule has 0 radical (unpaired) electrons. The Balaban J connectivity index is 2.36. The molecule has 0 amide bonds. The summed E-state index contributed by atoms with van der Waals surface area (Å²) >= 11 is 0. The van der Waals surface area contributed by atoms with Crippen LogP contribution < -0.4 is 0 Å². The number of rotatable bonds is 3. The normalized spacial score (nSPS) is 11.9. The van der Waals surface area contributed by atoms with Gasteiger partial charge in [0.05, 0.1) is 23.5 Å². The Kier molecular flexibility index (Phi) is 3.41. The van der Waals surface area contributed by atoms with Gasteiger partial charge in [0.25, 0.3) is 5.78 Å². The summed E-state index contributed by atoms with van der Waals surface area (Å²) in [7, 11) is 1.74. The third-order valence-corrected chi connectivity index (χ3v) is 2.95. The number of aromatic nitrogens is 4. The van der Waals surface area contributed by atoms with Crippen LogP contribution in [0.4, 0.5) is 13.2 Å². The Bertz CT molecular complexity index is 654. The van der Waals surface area contributed by atoms with Gasteiger partial charge in [0.2, 0.25) is 0 Å². The number of halogens is 3. The summed E-state index contributed by atoms with van der Waals surface area (Å²) in [5.74, 6) is -1.86. The number of alkyl halides is 3. The quantitative estimate of drug-likeness (QED) is 0.811. The first-order chi connectivity index (χ1) is 9.20. The molecule has 108 valence electrons. The van der Waals surface area contributed by atoms with Crippen LogP contribution in [0.15, 0.2) is 12.3 Å².